The van der Waals surface area contributed by atoms with Crippen LogP contribution in [0.25, 0.3) is 0 Å². The molecular formula is C10H20N2O4. The maximum Gasteiger partial charge on any atom is 0.250 e. The molecular weight excluding hydrogens is 212 g/mol. The number of carbonyl (C=O) groups is 1. The van der Waals surface area contributed by atoms with Crippen LogP contribution >= 0.6 is 0 Å². The number of amides is 1. The van der Waals surface area contributed by atoms with Crippen molar-refractivity contribution in [2.45, 2.75) is 24.5 Å². The zero-order valence-electron chi connectivity index (χ0n) is 9.57. The van der Waals surface area contributed by atoms with Crippen molar-refractivity contribution in [1.82, 2.24) is 5.32 Å². The van der Waals surface area contributed by atoms with E-state index in [1.165, 1.54) is 7.11 Å². The molecule has 0 saturated carbocycles. The van der Waals surface area contributed by atoms with Crippen LogP contribution in [0.5, 0.6) is 0 Å². The molecule has 0 aliphatic carbocycles. The molecule has 0 spiro atoms. The molecule has 1 fully saturated rings. The smallest absolute Gasteiger partial charge is 0.250 e. The summed E-state index contributed by atoms with van der Waals surface area (Å²) in [6, 6.07) is 0. The van der Waals surface area contributed by atoms with Gasteiger partial charge in [0.15, 0.2) is 0 Å². The summed E-state index contributed by atoms with van der Waals surface area (Å²) in [7, 11) is 1.44. The van der Waals surface area contributed by atoms with Crippen LogP contribution in [0.3, 0.4) is 0 Å². The number of rotatable bonds is 5. The summed E-state index contributed by atoms with van der Waals surface area (Å²) in [6.07, 6.45) is 0.554. The molecule has 1 heterocycles. The average molecular weight is 232 g/mol. The van der Waals surface area contributed by atoms with Crippen LogP contribution < -0.4 is 11.1 Å². The molecule has 4 N–H and O–H groups in total. The summed E-state index contributed by atoms with van der Waals surface area (Å²) in [5.74, 6) is -0.277. The average Bonchev–Trinajstić information content (AvgIpc) is 2.32. The minimum absolute atomic E-state index is 0.0941. The van der Waals surface area contributed by atoms with Gasteiger partial charge < -0.3 is 25.6 Å². The van der Waals surface area contributed by atoms with E-state index in [2.05, 4.69) is 5.32 Å². The monoisotopic (exact) mass is 232 g/mol. The van der Waals surface area contributed by atoms with Crippen molar-refractivity contribution in [3.05, 3.63) is 0 Å². The molecule has 1 aliphatic rings. The fourth-order valence-electron chi connectivity index (χ4n) is 1.74. The minimum Gasteiger partial charge on any atom is -0.394 e. The van der Waals surface area contributed by atoms with E-state index in [-0.39, 0.29) is 19.1 Å². The lowest BCUT2D eigenvalue weighted by Gasteiger charge is -2.37. The zero-order chi connectivity index (χ0) is 12.0. The Labute approximate surface area is 95.1 Å². The molecule has 6 heteroatoms. The summed E-state index contributed by atoms with van der Waals surface area (Å²) in [5, 5.41) is 12.2. The summed E-state index contributed by atoms with van der Waals surface area (Å²) < 4.78 is 10.1. The quantitative estimate of drug-likeness (QED) is 0.543. The summed E-state index contributed by atoms with van der Waals surface area (Å²) in [5.41, 5.74) is 4.82. The van der Waals surface area contributed by atoms with Crippen LogP contribution in [0, 0.1) is 0 Å². The zero-order valence-corrected chi connectivity index (χ0v) is 9.57. The lowest BCUT2D eigenvalue weighted by Crippen LogP contribution is -2.58. The van der Waals surface area contributed by atoms with Crippen LogP contribution in [-0.4, -0.2) is 56.1 Å². The molecule has 6 nitrogen and oxygen atoms in total. The fourth-order valence-corrected chi connectivity index (χ4v) is 1.74. The van der Waals surface area contributed by atoms with E-state index in [0.29, 0.717) is 26.1 Å². The highest BCUT2D eigenvalue weighted by Crippen LogP contribution is 2.20. The predicted octanol–water partition coefficient (Wildman–Crippen LogP) is -1.38. The first kappa shape index (κ1) is 13.4. The first-order chi connectivity index (χ1) is 7.67. The van der Waals surface area contributed by atoms with Gasteiger partial charge in [0.1, 0.15) is 6.10 Å². The molecule has 1 rings (SSSR count). The normalized spacial score (nSPS) is 21.4. The molecule has 1 unspecified atom stereocenters. The third-order valence-electron chi connectivity index (χ3n) is 2.93. The molecule has 1 saturated heterocycles. The van der Waals surface area contributed by atoms with Crippen molar-refractivity contribution in [1.29, 1.82) is 0 Å². The van der Waals surface area contributed by atoms with Gasteiger partial charge in [0.2, 0.25) is 0 Å². The second-order valence-corrected chi connectivity index (χ2v) is 4.00. The fraction of sp³-hybridized carbons (Fsp3) is 0.900. The summed E-state index contributed by atoms with van der Waals surface area (Å²) >= 11 is 0. The maximum absolute atomic E-state index is 11.8. The lowest BCUT2D eigenvalue weighted by molar-refractivity contribution is -0.134. The lowest BCUT2D eigenvalue weighted by atomic mass is 9.90. The largest absolute Gasteiger partial charge is 0.394 e. The molecule has 1 amide bonds. The highest BCUT2D eigenvalue weighted by atomic mass is 16.5. The third kappa shape index (κ3) is 3.15. The topological polar surface area (TPSA) is 93.8 Å². The van der Waals surface area contributed by atoms with Crippen LogP contribution in [0.15, 0.2) is 0 Å². The number of carbonyl (C=O) groups excluding carboxylic acids is 1. The van der Waals surface area contributed by atoms with E-state index in [1.54, 1.807) is 0 Å². The number of aliphatic hydroxyl groups is 1. The Morgan fingerprint density at radius 2 is 2.25 bits per heavy atom. The van der Waals surface area contributed by atoms with Gasteiger partial charge in [0, 0.05) is 26.9 Å². The van der Waals surface area contributed by atoms with E-state index >= 15 is 0 Å². The molecule has 0 aromatic heterocycles. The van der Waals surface area contributed by atoms with Crippen LogP contribution in [0.1, 0.15) is 12.8 Å². The van der Waals surface area contributed by atoms with Gasteiger partial charge in [-0.25, -0.2) is 0 Å². The molecule has 1 atom stereocenters. The Morgan fingerprint density at radius 1 is 1.62 bits per heavy atom. The Bertz CT molecular complexity index is 225. The predicted molar refractivity (Wildman–Crippen MR) is 57.9 cm³/mol. The van der Waals surface area contributed by atoms with Gasteiger partial charge in [0.25, 0.3) is 5.91 Å². The van der Waals surface area contributed by atoms with Crippen molar-refractivity contribution in [2.24, 2.45) is 5.73 Å². The minimum atomic E-state index is -0.661. The van der Waals surface area contributed by atoms with Crippen molar-refractivity contribution in [3.8, 4) is 0 Å². The van der Waals surface area contributed by atoms with Gasteiger partial charge in [-0.1, -0.05) is 0 Å². The summed E-state index contributed by atoms with van der Waals surface area (Å²) in [4.78, 5) is 11.8. The van der Waals surface area contributed by atoms with Gasteiger partial charge >= 0.3 is 0 Å². The van der Waals surface area contributed by atoms with Crippen molar-refractivity contribution < 1.29 is 19.4 Å². The van der Waals surface area contributed by atoms with Crippen LogP contribution in [-0.2, 0) is 14.3 Å². The number of nitrogens with two attached hydrogens (primary N) is 1. The Morgan fingerprint density at radius 3 is 2.69 bits per heavy atom. The SMILES string of the molecule is COC(CN)C(=O)NC1(CO)CCOCC1. The second-order valence-electron chi connectivity index (χ2n) is 4.00. The van der Waals surface area contributed by atoms with Crippen LogP contribution in [0.2, 0.25) is 0 Å². The van der Waals surface area contributed by atoms with Crippen molar-refractivity contribution in [2.75, 3.05) is 33.5 Å². The van der Waals surface area contributed by atoms with Gasteiger partial charge in [-0.15, -0.1) is 0 Å². The number of methoxy groups -OCH3 is 1. The molecule has 1 aliphatic heterocycles. The van der Waals surface area contributed by atoms with E-state index in [9.17, 15) is 9.90 Å². The molecule has 0 bridgehead atoms. The number of hydrogen-bond acceptors (Lipinski definition) is 5. The first-order valence-electron chi connectivity index (χ1n) is 5.41. The van der Waals surface area contributed by atoms with Crippen molar-refractivity contribution >= 4 is 5.91 Å². The Balaban J connectivity index is 2.57. The Kier molecular flexibility index (Phi) is 5.14. The number of ether oxygens (including phenoxy) is 2. The highest BCUT2D eigenvalue weighted by molar-refractivity contribution is 5.81. The van der Waals surface area contributed by atoms with Gasteiger partial charge in [-0.05, 0) is 12.8 Å². The maximum atomic E-state index is 11.8. The van der Waals surface area contributed by atoms with Gasteiger partial charge in [0.05, 0.1) is 12.1 Å². The van der Waals surface area contributed by atoms with E-state index in [4.69, 9.17) is 15.2 Å². The molecule has 0 aromatic carbocycles. The second kappa shape index (κ2) is 6.15. The van der Waals surface area contributed by atoms with Gasteiger partial charge in [-0.3, -0.25) is 4.79 Å². The summed E-state index contributed by atoms with van der Waals surface area (Å²) in [6.45, 7) is 1.12. The van der Waals surface area contributed by atoms with E-state index in [1.807, 2.05) is 0 Å². The first-order valence-corrected chi connectivity index (χ1v) is 5.41. The van der Waals surface area contributed by atoms with E-state index < -0.39 is 11.6 Å². The standard InChI is InChI=1S/C10H20N2O4/c1-15-8(6-11)9(14)12-10(7-13)2-4-16-5-3-10/h8,13H,2-7,11H2,1H3,(H,12,14). The molecule has 94 valence electrons. The van der Waals surface area contributed by atoms with Gasteiger partial charge in [-0.2, -0.15) is 0 Å². The Hall–Kier alpha value is -0.690. The number of nitrogens with one attached hydrogen (secondary N) is 1. The van der Waals surface area contributed by atoms with Crippen LogP contribution in [0.4, 0.5) is 0 Å². The number of aliphatic hydroxyl groups excluding tert-OH is 1. The molecule has 0 aromatic rings. The molecule has 0 radical (unpaired) electrons. The number of hydrogen-bond donors (Lipinski definition) is 3. The van der Waals surface area contributed by atoms with E-state index in [0.717, 1.165) is 0 Å². The van der Waals surface area contributed by atoms with Crippen molar-refractivity contribution in [3.63, 3.8) is 0 Å². The molecule has 16 heavy (non-hydrogen) atoms. The third-order valence-corrected chi connectivity index (χ3v) is 2.93. The highest BCUT2D eigenvalue weighted by Gasteiger charge is 2.35.